The Hall–Kier alpha value is -1.58. The van der Waals surface area contributed by atoms with E-state index in [0.29, 0.717) is 16.7 Å². The van der Waals surface area contributed by atoms with Crippen LogP contribution in [-0.2, 0) is 0 Å². The summed E-state index contributed by atoms with van der Waals surface area (Å²) in [6.07, 6.45) is 1.83. The van der Waals surface area contributed by atoms with Crippen LogP contribution < -0.4 is 10.1 Å². The van der Waals surface area contributed by atoms with Gasteiger partial charge >= 0.3 is 0 Å². The van der Waals surface area contributed by atoms with Gasteiger partial charge in [-0.25, -0.2) is 4.98 Å². The van der Waals surface area contributed by atoms with Gasteiger partial charge in [-0.1, -0.05) is 30.7 Å². The van der Waals surface area contributed by atoms with Gasteiger partial charge in [0.25, 0.3) is 0 Å². The van der Waals surface area contributed by atoms with E-state index in [1.807, 2.05) is 36.5 Å². The van der Waals surface area contributed by atoms with Gasteiger partial charge in [-0.05, 0) is 37.2 Å². The first kappa shape index (κ1) is 13.8. The van der Waals surface area contributed by atoms with Gasteiger partial charge in [0.15, 0.2) is 0 Å². The molecule has 0 amide bonds. The number of rotatable bonds is 5. The monoisotopic (exact) mass is 276 g/mol. The largest absolute Gasteiger partial charge is 0.439 e. The van der Waals surface area contributed by atoms with Crippen LogP contribution in [0.15, 0.2) is 42.6 Å². The fourth-order valence-electron chi connectivity index (χ4n) is 1.78. The van der Waals surface area contributed by atoms with Gasteiger partial charge in [0, 0.05) is 23.3 Å². The third-order valence-corrected chi connectivity index (χ3v) is 3.02. The number of nitrogens with zero attached hydrogens (tertiary/aromatic N) is 1. The molecule has 0 saturated heterocycles. The van der Waals surface area contributed by atoms with E-state index in [4.69, 9.17) is 16.3 Å². The first-order chi connectivity index (χ1) is 9.19. The van der Waals surface area contributed by atoms with Gasteiger partial charge in [0.1, 0.15) is 5.75 Å². The van der Waals surface area contributed by atoms with Crippen molar-refractivity contribution in [3.8, 4) is 11.6 Å². The van der Waals surface area contributed by atoms with E-state index < -0.39 is 0 Å². The molecule has 0 spiro atoms. The Balaban J connectivity index is 2.06. The first-order valence-corrected chi connectivity index (χ1v) is 6.69. The molecule has 2 aromatic rings. The van der Waals surface area contributed by atoms with Crippen LogP contribution in [0.25, 0.3) is 0 Å². The fourth-order valence-corrected chi connectivity index (χ4v) is 1.96. The minimum atomic E-state index is 0.290. The molecule has 4 heteroatoms. The standard InChI is InChI=1S/C15H17ClN2O/c1-3-17-11(2)12-7-8-15(18-10-12)19-14-6-4-5-13(16)9-14/h4-11,17H,3H2,1-2H3. The van der Waals surface area contributed by atoms with Gasteiger partial charge in [-0.15, -0.1) is 0 Å². The molecule has 0 saturated carbocycles. The number of pyridine rings is 1. The van der Waals surface area contributed by atoms with Crippen molar-refractivity contribution in [2.75, 3.05) is 6.54 Å². The minimum Gasteiger partial charge on any atom is -0.439 e. The molecule has 1 atom stereocenters. The lowest BCUT2D eigenvalue weighted by molar-refractivity contribution is 0.461. The Kier molecular flexibility index (Phi) is 4.77. The zero-order valence-corrected chi connectivity index (χ0v) is 11.8. The van der Waals surface area contributed by atoms with Crippen molar-refractivity contribution in [1.82, 2.24) is 10.3 Å². The maximum Gasteiger partial charge on any atom is 0.219 e. The SMILES string of the molecule is CCNC(C)c1ccc(Oc2cccc(Cl)c2)nc1. The summed E-state index contributed by atoms with van der Waals surface area (Å²) >= 11 is 5.90. The summed E-state index contributed by atoms with van der Waals surface area (Å²) in [5.74, 6) is 1.25. The van der Waals surface area contributed by atoms with Gasteiger partial charge in [0.05, 0.1) is 0 Å². The van der Waals surface area contributed by atoms with Gasteiger partial charge in [-0.2, -0.15) is 0 Å². The second kappa shape index (κ2) is 6.55. The molecule has 3 nitrogen and oxygen atoms in total. The van der Waals surface area contributed by atoms with Crippen LogP contribution >= 0.6 is 11.6 Å². The summed E-state index contributed by atoms with van der Waals surface area (Å²) < 4.78 is 5.64. The van der Waals surface area contributed by atoms with E-state index in [2.05, 4.69) is 24.1 Å². The topological polar surface area (TPSA) is 34.1 Å². The lowest BCUT2D eigenvalue weighted by atomic mass is 10.1. The maximum atomic E-state index is 5.90. The average molecular weight is 277 g/mol. The van der Waals surface area contributed by atoms with Crippen LogP contribution in [0.4, 0.5) is 0 Å². The van der Waals surface area contributed by atoms with E-state index in [0.717, 1.165) is 12.1 Å². The summed E-state index contributed by atoms with van der Waals surface area (Å²) in [7, 11) is 0. The van der Waals surface area contributed by atoms with Crippen molar-refractivity contribution in [2.45, 2.75) is 19.9 Å². The highest BCUT2D eigenvalue weighted by Gasteiger charge is 2.05. The average Bonchev–Trinajstić information content (AvgIpc) is 2.40. The molecule has 2 rings (SSSR count). The van der Waals surface area contributed by atoms with Crippen LogP contribution in [-0.4, -0.2) is 11.5 Å². The number of hydrogen-bond acceptors (Lipinski definition) is 3. The van der Waals surface area contributed by atoms with Crippen molar-refractivity contribution in [1.29, 1.82) is 0 Å². The van der Waals surface area contributed by atoms with Crippen molar-refractivity contribution in [2.24, 2.45) is 0 Å². The molecule has 0 radical (unpaired) electrons. The van der Waals surface area contributed by atoms with Crippen LogP contribution in [0.5, 0.6) is 11.6 Å². The number of benzene rings is 1. The van der Waals surface area contributed by atoms with E-state index >= 15 is 0 Å². The molecule has 1 N–H and O–H groups in total. The highest BCUT2D eigenvalue weighted by atomic mass is 35.5. The summed E-state index contributed by atoms with van der Waals surface area (Å²) in [5, 5.41) is 3.99. The molecule has 0 aliphatic heterocycles. The summed E-state index contributed by atoms with van der Waals surface area (Å²) in [5.41, 5.74) is 1.14. The number of ether oxygens (including phenoxy) is 1. The fraction of sp³-hybridized carbons (Fsp3) is 0.267. The summed E-state index contributed by atoms with van der Waals surface area (Å²) in [6, 6.07) is 11.4. The predicted molar refractivity (Wildman–Crippen MR) is 77.9 cm³/mol. The third-order valence-electron chi connectivity index (χ3n) is 2.79. The number of nitrogens with one attached hydrogen (secondary N) is 1. The molecular formula is C15H17ClN2O. The molecule has 19 heavy (non-hydrogen) atoms. The molecule has 1 aromatic heterocycles. The number of halogens is 1. The highest BCUT2D eigenvalue weighted by Crippen LogP contribution is 2.23. The molecule has 0 bridgehead atoms. The van der Waals surface area contributed by atoms with Crippen molar-refractivity contribution in [3.05, 3.63) is 53.2 Å². The van der Waals surface area contributed by atoms with Gasteiger partial charge < -0.3 is 10.1 Å². The van der Waals surface area contributed by atoms with Crippen LogP contribution in [0.3, 0.4) is 0 Å². The zero-order chi connectivity index (χ0) is 13.7. The second-order valence-corrected chi connectivity index (χ2v) is 4.71. The lowest BCUT2D eigenvalue weighted by Gasteiger charge is -2.12. The minimum absolute atomic E-state index is 0.290. The molecule has 1 aromatic carbocycles. The molecule has 0 fully saturated rings. The molecule has 0 aliphatic rings. The van der Waals surface area contributed by atoms with Crippen molar-refractivity contribution >= 4 is 11.6 Å². The Morgan fingerprint density at radius 3 is 2.79 bits per heavy atom. The van der Waals surface area contributed by atoms with Crippen LogP contribution in [0.1, 0.15) is 25.5 Å². The van der Waals surface area contributed by atoms with E-state index in [-0.39, 0.29) is 6.04 Å². The van der Waals surface area contributed by atoms with E-state index in [9.17, 15) is 0 Å². The molecule has 100 valence electrons. The lowest BCUT2D eigenvalue weighted by Crippen LogP contribution is -2.17. The normalized spacial score (nSPS) is 12.2. The molecular weight excluding hydrogens is 260 g/mol. The Morgan fingerprint density at radius 2 is 2.16 bits per heavy atom. The smallest absolute Gasteiger partial charge is 0.219 e. The number of hydrogen-bond donors (Lipinski definition) is 1. The van der Waals surface area contributed by atoms with Crippen molar-refractivity contribution < 1.29 is 4.74 Å². The van der Waals surface area contributed by atoms with Crippen LogP contribution in [0.2, 0.25) is 5.02 Å². The van der Waals surface area contributed by atoms with Gasteiger partial charge in [-0.3, -0.25) is 0 Å². The van der Waals surface area contributed by atoms with E-state index in [1.165, 1.54) is 0 Å². The highest BCUT2D eigenvalue weighted by molar-refractivity contribution is 6.30. The van der Waals surface area contributed by atoms with Crippen LogP contribution in [0, 0.1) is 0 Å². The predicted octanol–water partition coefficient (Wildman–Crippen LogP) is 4.20. The molecule has 1 unspecified atom stereocenters. The Bertz CT molecular complexity index is 528. The Labute approximate surface area is 118 Å². The quantitative estimate of drug-likeness (QED) is 0.889. The maximum absolute atomic E-state index is 5.90. The van der Waals surface area contributed by atoms with E-state index in [1.54, 1.807) is 6.07 Å². The second-order valence-electron chi connectivity index (χ2n) is 4.27. The number of aromatic nitrogens is 1. The first-order valence-electron chi connectivity index (χ1n) is 6.32. The molecule has 0 aliphatic carbocycles. The zero-order valence-electron chi connectivity index (χ0n) is 11.1. The Morgan fingerprint density at radius 1 is 1.32 bits per heavy atom. The molecule has 1 heterocycles. The van der Waals surface area contributed by atoms with Crippen molar-refractivity contribution in [3.63, 3.8) is 0 Å². The summed E-state index contributed by atoms with van der Waals surface area (Å²) in [6.45, 7) is 5.13. The third kappa shape index (κ3) is 3.94. The summed E-state index contributed by atoms with van der Waals surface area (Å²) in [4.78, 5) is 4.30. The van der Waals surface area contributed by atoms with Gasteiger partial charge in [0.2, 0.25) is 5.88 Å².